The zero-order chi connectivity index (χ0) is 11.4. The van der Waals surface area contributed by atoms with Crippen LogP contribution in [0.4, 0.5) is 0 Å². The van der Waals surface area contributed by atoms with Crippen LogP contribution in [0, 0.1) is 0 Å². The van der Waals surface area contributed by atoms with Crippen molar-refractivity contribution in [3.8, 4) is 5.75 Å². The van der Waals surface area contributed by atoms with Gasteiger partial charge < -0.3 is 4.74 Å². The molecule has 0 N–H and O–H groups in total. The van der Waals surface area contributed by atoms with E-state index in [4.69, 9.17) is 4.74 Å². The maximum absolute atomic E-state index is 11.6. The van der Waals surface area contributed by atoms with E-state index in [1.165, 1.54) is 6.20 Å². The molecule has 80 valence electrons. The number of hydrogen-bond donors (Lipinski definition) is 1. The van der Waals surface area contributed by atoms with Crippen molar-refractivity contribution in [2.75, 3.05) is 0 Å². The Bertz CT molecular complexity index is 482. The number of hydrogen-bond acceptors (Lipinski definition) is 4. The molecule has 0 radical (unpaired) electrons. The molecule has 0 saturated carbocycles. The Kier molecular flexibility index (Phi) is 3.22. The Morgan fingerprint density at radius 3 is 2.56 bits per heavy atom. The number of pyridine rings is 1. The van der Waals surface area contributed by atoms with Gasteiger partial charge in [-0.15, -0.1) is 12.6 Å². The predicted octanol–water partition coefficient (Wildman–Crippen LogP) is 2.59. The number of carbonyl (C=O) groups is 1. The summed E-state index contributed by atoms with van der Waals surface area (Å²) in [4.78, 5) is 16.3. The smallest absolute Gasteiger partial charge is 0.345 e. The van der Waals surface area contributed by atoms with E-state index < -0.39 is 5.97 Å². The summed E-state index contributed by atoms with van der Waals surface area (Å²) >= 11 is 4.14. The van der Waals surface area contributed by atoms with Crippen LogP contribution < -0.4 is 4.74 Å². The van der Waals surface area contributed by atoms with Crippen molar-refractivity contribution in [3.05, 3.63) is 54.4 Å². The third-order valence-corrected chi connectivity index (χ3v) is 2.24. The molecule has 0 amide bonds. The average Bonchev–Trinajstić information content (AvgIpc) is 2.33. The number of aromatic nitrogens is 1. The van der Waals surface area contributed by atoms with Gasteiger partial charge in [0.1, 0.15) is 5.75 Å². The van der Waals surface area contributed by atoms with Crippen LogP contribution in [-0.2, 0) is 0 Å². The molecule has 0 spiro atoms. The number of nitrogens with zero attached hydrogens (tertiary/aromatic N) is 1. The minimum Gasteiger partial charge on any atom is -0.423 e. The molecule has 1 aromatic carbocycles. The maximum atomic E-state index is 11.6. The fraction of sp³-hybridized carbons (Fsp3) is 0. The molecule has 0 aliphatic rings. The van der Waals surface area contributed by atoms with Gasteiger partial charge in [-0.05, 0) is 36.4 Å². The number of esters is 1. The minimum absolute atomic E-state index is 0.417. The monoisotopic (exact) mass is 231 g/mol. The van der Waals surface area contributed by atoms with Gasteiger partial charge in [-0.1, -0.05) is 0 Å². The Morgan fingerprint density at radius 1 is 1.19 bits per heavy atom. The van der Waals surface area contributed by atoms with E-state index in [0.29, 0.717) is 11.3 Å². The van der Waals surface area contributed by atoms with Gasteiger partial charge in [0.25, 0.3) is 0 Å². The molecule has 1 aromatic heterocycles. The van der Waals surface area contributed by atoms with E-state index in [1.807, 2.05) is 0 Å². The number of benzene rings is 1. The van der Waals surface area contributed by atoms with Gasteiger partial charge in [-0.2, -0.15) is 0 Å². The maximum Gasteiger partial charge on any atom is 0.345 e. The van der Waals surface area contributed by atoms with Crippen molar-refractivity contribution in [3.63, 3.8) is 0 Å². The third kappa shape index (κ3) is 2.61. The summed E-state index contributed by atoms with van der Waals surface area (Å²) in [6, 6.07) is 10.2. The van der Waals surface area contributed by atoms with Crippen molar-refractivity contribution in [2.45, 2.75) is 4.90 Å². The molecule has 16 heavy (non-hydrogen) atoms. The van der Waals surface area contributed by atoms with Crippen LogP contribution in [0.3, 0.4) is 0 Å². The number of ether oxygens (including phenoxy) is 1. The summed E-state index contributed by atoms with van der Waals surface area (Å²) in [5.74, 6) is 0.0756. The van der Waals surface area contributed by atoms with Gasteiger partial charge in [0.2, 0.25) is 0 Å². The molecular formula is C12H9NO2S. The first-order valence-corrected chi connectivity index (χ1v) is 5.11. The molecule has 0 fully saturated rings. The van der Waals surface area contributed by atoms with Crippen molar-refractivity contribution >= 4 is 18.6 Å². The largest absolute Gasteiger partial charge is 0.423 e. The van der Waals surface area contributed by atoms with Crippen molar-refractivity contribution in [1.82, 2.24) is 4.98 Å². The van der Waals surface area contributed by atoms with Crippen molar-refractivity contribution < 1.29 is 9.53 Å². The predicted molar refractivity (Wildman–Crippen MR) is 62.9 cm³/mol. The quantitative estimate of drug-likeness (QED) is 0.490. The van der Waals surface area contributed by atoms with Crippen molar-refractivity contribution in [1.29, 1.82) is 0 Å². The van der Waals surface area contributed by atoms with Crippen LogP contribution in [0.5, 0.6) is 5.75 Å². The molecule has 0 aliphatic heterocycles. The second-order valence-electron chi connectivity index (χ2n) is 3.13. The van der Waals surface area contributed by atoms with Gasteiger partial charge in [-0.25, -0.2) is 4.79 Å². The van der Waals surface area contributed by atoms with Crippen molar-refractivity contribution in [2.24, 2.45) is 0 Å². The van der Waals surface area contributed by atoms with Crippen LogP contribution in [0.2, 0.25) is 0 Å². The molecule has 0 aliphatic carbocycles. The van der Waals surface area contributed by atoms with E-state index >= 15 is 0 Å². The highest BCUT2D eigenvalue weighted by molar-refractivity contribution is 7.80. The van der Waals surface area contributed by atoms with Crippen LogP contribution in [0.15, 0.2) is 53.7 Å². The topological polar surface area (TPSA) is 39.2 Å². The van der Waals surface area contributed by atoms with E-state index in [0.717, 1.165) is 4.90 Å². The van der Waals surface area contributed by atoms with Gasteiger partial charge in [0, 0.05) is 17.3 Å². The fourth-order valence-corrected chi connectivity index (χ4v) is 1.31. The van der Waals surface area contributed by atoms with E-state index in [1.54, 1.807) is 42.6 Å². The van der Waals surface area contributed by atoms with Crippen LogP contribution >= 0.6 is 12.6 Å². The summed E-state index contributed by atoms with van der Waals surface area (Å²) < 4.78 is 5.14. The lowest BCUT2D eigenvalue weighted by molar-refractivity contribution is 0.0734. The van der Waals surface area contributed by atoms with Gasteiger partial charge in [0.05, 0.1) is 5.56 Å². The van der Waals surface area contributed by atoms with Crippen LogP contribution in [0.1, 0.15) is 10.4 Å². The first kappa shape index (κ1) is 10.7. The Hall–Kier alpha value is -1.81. The van der Waals surface area contributed by atoms with Crippen LogP contribution in [-0.4, -0.2) is 11.0 Å². The minimum atomic E-state index is -0.417. The number of thiol groups is 1. The molecular weight excluding hydrogens is 222 g/mol. The first-order chi connectivity index (χ1) is 7.75. The highest BCUT2D eigenvalue weighted by atomic mass is 32.1. The molecule has 3 nitrogen and oxygen atoms in total. The SMILES string of the molecule is O=C(Oc1ccc(S)cc1)c1cccnc1. The van der Waals surface area contributed by atoms with E-state index in [9.17, 15) is 4.79 Å². The van der Waals surface area contributed by atoms with E-state index in [-0.39, 0.29) is 0 Å². The summed E-state index contributed by atoms with van der Waals surface area (Å²) in [7, 11) is 0. The summed E-state index contributed by atoms with van der Waals surface area (Å²) in [5, 5.41) is 0. The molecule has 0 atom stereocenters. The number of carbonyl (C=O) groups excluding carboxylic acids is 1. The lowest BCUT2D eigenvalue weighted by Gasteiger charge is -2.03. The highest BCUT2D eigenvalue weighted by Gasteiger charge is 2.07. The average molecular weight is 231 g/mol. The third-order valence-electron chi connectivity index (χ3n) is 1.94. The second-order valence-corrected chi connectivity index (χ2v) is 3.64. The highest BCUT2D eigenvalue weighted by Crippen LogP contribution is 2.15. The Labute approximate surface area is 98.5 Å². The van der Waals surface area contributed by atoms with Crippen LogP contribution in [0.25, 0.3) is 0 Å². The molecule has 2 aromatic rings. The first-order valence-electron chi connectivity index (χ1n) is 4.67. The van der Waals surface area contributed by atoms with Gasteiger partial charge in [0.15, 0.2) is 0 Å². The molecule has 4 heteroatoms. The van der Waals surface area contributed by atoms with Gasteiger partial charge in [-0.3, -0.25) is 4.98 Å². The molecule has 0 unspecified atom stereocenters. The number of rotatable bonds is 2. The zero-order valence-electron chi connectivity index (χ0n) is 8.33. The lowest BCUT2D eigenvalue weighted by atomic mass is 10.3. The summed E-state index contributed by atoms with van der Waals surface area (Å²) in [5.41, 5.74) is 0.428. The molecule has 2 rings (SSSR count). The standard InChI is InChI=1S/C12H9NO2S/c14-12(9-2-1-7-13-8-9)15-10-3-5-11(16)6-4-10/h1-8,16H. The van der Waals surface area contributed by atoms with Gasteiger partial charge >= 0.3 is 5.97 Å². The summed E-state index contributed by atoms with van der Waals surface area (Å²) in [6.45, 7) is 0. The normalized spacial score (nSPS) is 9.81. The lowest BCUT2D eigenvalue weighted by Crippen LogP contribution is -2.08. The molecule has 0 bridgehead atoms. The Balaban J connectivity index is 2.11. The second kappa shape index (κ2) is 4.81. The fourth-order valence-electron chi connectivity index (χ4n) is 1.16. The zero-order valence-corrected chi connectivity index (χ0v) is 9.22. The van der Waals surface area contributed by atoms with E-state index in [2.05, 4.69) is 17.6 Å². The Morgan fingerprint density at radius 2 is 1.94 bits per heavy atom. The molecule has 0 saturated heterocycles. The molecule has 1 heterocycles. The summed E-state index contributed by atoms with van der Waals surface area (Å²) in [6.07, 6.45) is 3.07.